The van der Waals surface area contributed by atoms with Crippen molar-refractivity contribution in [3.05, 3.63) is 89.5 Å². The van der Waals surface area contributed by atoms with Gasteiger partial charge in [0.05, 0.1) is 19.3 Å². The van der Waals surface area contributed by atoms with Crippen LogP contribution in [0.15, 0.2) is 72.8 Å². The molecule has 10 nitrogen and oxygen atoms in total. The molecule has 1 aliphatic rings. The van der Waals surface area contributed by atoms with Crippen LogP contribution in [0.3, 0.4) is 0 Å². The first-order valence-corrected chi connectivity index (χ1v) is 14.4. The van der Waals surface area contributed by atoms with Crippen molar-refractivity contribution in [2.45, 2.75) is 63.4 Å². The van der Waals surface area contributed by atoms with E-state index in [4.69, 9.17) is 10.8 Å². The van der Waals surface area contributed by atoms with Crippen LogP contribution < -0.4 is 21.3 Å². The number of rotatable bonds is 12. The first-order valence-electron chi connectivity index (χ1n) is 14.4. The van der Waals surface area contributed by atoms with E-state index in [1.54, 1.807) is 30.9 Å². The molecule has 0 fully saturated rings. The van der Waals surface area contributed by atoms with Crippen LogP contribution in [0.25, 0.3) is 11.1 Å². The van der Waals surface area contributed by atoms with Crippen LogP contribution in [0.5, 0.6) is 0 Å². The summed E-state index contributed by atoms with van der Waals surface area (Å²) in [5, 5.41) is 34.5. The second-order valence-corrected chi connectivity index (χ2v) is 11.6. The van der Waals surface area contributed by atoms with Gasteiger partial charge in [-0.05, 0) is 61.1 Å². The maximum Gasteiger partial charge on any atom is 0.249 e. The lowest BCUT2D eigenvalue weighted by atomic mass is 9.98. The third-order valence-electron chi connectivity index (χ3n) is 7.71. The number of fused-ring (bicyclic) bond motifs is 1. The summed E-state index contributed by atoms with van der Waals surface area (Å²) in [7, 11) is 0. The highest BCUT2D eigenvalue weighted by molar-refractivity contribution is 6.01. The van der Waals surface area contributed by atoms with E-state index in [1.165, 1.54) is 0 Å². The molecule has 3 atom stereocenters. The summed E-state index contributed by atoms with van der Waals surface area (Å²) in [6, 6.07) is 21.8. The number of carbonyl (C=O) groups excluding carboxylic acids is 3. The molecule has 3 amide bonds. The van der Waals surface area contributed by atoms with Crippen LogP contribution >= 0.6 is 0 Å². The van der Waals surface area contributed by atoms with Crippen LogP contribution in [0.4, 0.5) is 5.69 Å². The first-order chi connectivity index (χ1) is 20.5. The molecular formula is C33H40N4O6. The van der Waals surface area contributed by atoms with Crippen LogP contribution in [0.2, 0.25) is 0 Å². The van der Waals surface area contributed by atoms with Gasteiger partial charge < -0.3 is 36.6 Å². The van der Waals surface area contributed by atoms with Crippen molar-refractivity contribution >= 4 is 23.4 Å². The number of nitrogens with one attached hydrogen (secondary N) is 2. The molecular weight excluding hydrogens is 548 g/mol. The molecule has 1 heterocycles. The molecule has 0 spiro atoms. The van der Waals surface area contributed by atoms with Gasteiger partial charge in [-0.15, -0.1) is 0 Å². The Morgan fingerprint density at radius 1 is 1.00 bits per heavy atom. The molecule has 0 aromatic heterocycles. The van der Waals surface area contributed by atoms with Crippen LogP contribution in [0.1, 0.15) is 48.2 Å². The fourth-order valence-electron chi connectivity index (χ4n) is 5.28. The number of anilines is 1. The second kappa shape index (κ2) is 13.9. The molecule has 10 heteroatoms. The summed E-state index contributed by atoms with van der Waals surface area (Å²) >= 11 is 0. The van der Waals surface area contributed by atoms with Gasteiger partial charge in [0.1, 0.15) is 12.1 Å². The molecule has 1 aliphatic heterocycles. The number of aliphatic hydroxyl groups is 3. The Kier molecular flexibility index (Phi) is 10.3. The van der Waals surface area contributed by atoms with E-state index in [1.807, 2.05) is 60.7 Å². The maximum atomic E-state index is 13.9. The monoisotopic (exact) mass is 588 g/mol. The van der Waals surface area contributed by atoms with Gasteiger partial charge in [0.25, 0.3) is 0 Å². The zero-order valence-corrected chi connectivity index (χ0v) is 24.5. The Balaban J connectivity index is 1.49. The van der Waals surface area contributed by atoms with Crippen molar-refractivity contribution in [1.29, 1.82) is 0 Å². The third kappa shape index (κ3) is 8.05. The molecule has 0 aliphatic carbocycles. The maximum absolute atomic E-state index is 13.9. The minimum absolute atomic E-state index is 0.0135. The highest BCUT2D eigenvalue weighted by Gasteiger charge is 2.33. The molecule has 7 N–H and O–H groups in total. The lowest BCUT2D eigenvalue weighted by Gasteiger charge is -2.30. The third-order valence-corrected chi connectivity index (χ3v) is 7.71. The molecule has 43 heavy (non-hydrogen) atoms. The molecule has 3 aromatic rings. The number of carbonyl (C=O) groups is 3. The first kappa shape index (κ1) is 31.8. The number of β-amino-alcohol motifs (C(OH)–C–C–N with tert-alkyl or cyclic N) is 1. The van der Waals surface area contributed by atoms with E-state index in [0.29, 0.717) is 18.4 Å². The number of aryl methyl sites for hydroxylation is 1. The zero-order chi connectivity index (χ0) is 31.1. The summed E-state index contributed by atoms with van der Waals surface area (Å²) in [4.78, 5) is 40.6. The molecule has 0 bridgehead atoms. The lowest BCUT2D eigenvalue weighted by molar-refractivity contribution is -0.128. The van der Waals surface area contributed by atoms with Crippen molar-refractivity contribution in [1.82, 2.24) is 10.6 Å². The number of aliphatic hydroxyl groups excluding tert-OH is 3. The zero-order valence-electron chi connectivity index (χ0n) is 24.5. The Labute approximate surface area is 251 Å². The van der Waals surface area contributed by atoms with Gasteiger partial charge in [-0.1, -0.05) is 60.7 Å². The second-order valence-electron chi connectivity index (χ2n) is 11.6. The smallest absolute Gasteiger partial charge is 0.249 e. The van der Waals surface area contributed by atoms with Crippen molar-refractivity contribution in [2.75, 3.05) is 18.1 Å². The summed E-state index contributed by atoms with van der Waals surface area (Å²) in [5.41, 5.74) is 9.50. The fourth-order valence-corrected chi connectivity index (χ4v) is 5.28. The van der Waals surface area contributed by atoms with Crippen LogP contribution in [-0.4, -0.2) is 70.0 Å². The molecule has 228 valence electrons. The van der Waals surface area contributed by atoms with Gasteiger partial charge in [0.2, 0.25) is 17.7 Å². The average molecular weight is 589 g/mol. The predicted octanol–water partition coefficient (Wildman–Crippen LogP) is 1.89. The van der Waals surface area contributed by atoms with Crippen molar-refractivity contribution in [3.8, 4) is 11.1 Å². The Bertz CT molecular complexity index is 1440. The summed E-state index contributed by atoms with van der Waals surface area (Å²) < 4.78 is 0. The van der Waals surface area contributed by atoms with E-state index in [2.05, 4.69) is 10.6 Å². The van der Waals surface area contributed by atoms with E-state index in [-0.39, 0.29) is 31.3 Å². The van der Waals surface area contributed by atoms with Crippen molar-refractivity contribution in [2.24, 2.45) is 5.73 Å². The minimum Gasteiger partial charge on any atom is -0.394 e. The number of nitrogens with zero attached hydrogens (tertiary/aromatic N) is 1. The minimum atomic E-state index is -1.28. The largest absolute Gasteiger partial charge is 0.394 e. The normalized spacial score (nSPS) is 16.6. The molecule has 0 unspecified atom stereocenters. The Hall–Kier alpha value is -4.09. The molecule has 0 saturated carbocycles. The lowest BCUT2D eigenvalue weighted by Crippen LogP contribution is -2.52. The van der Waals surface area contributed by atoms with Crippen molar-refractivity contribution < 1.29 is 29.7 Å². The van der Waals surface area contributed by atoms with Crippen molar-refractivity contribution in [3.63, 3.8) is 0 Å². The average Bonchev–Trinajstić information content (AvgIpc) is 3.12. The number of nitrogens with two attached hydrogens (primary N) is 1. The number of hydrogen-bond acceptors (Lipinski definition) is 7. The number of para-hydroxylation sites is 1. The van der Waals surface area contributed by atoms with Gasteiger partial charge >= 0.3 is 0 Å². The molecule has 4 rings (SSSR count). The highest BCUT2D eigenvalue weighted by Crippen LogP contribution is 2.30. The molecule has 3 aromatic carbocycles. The van der Waals surface area contributed by atoms with Gasteiger partial charge in [0.15, 0.2) is 0 Å². The van der Waals surface area contributed by atoms with Gasteiger partial charge in [-0.25, -0.2) is 0 Å². The topological polar surface area (TPSA) is 165 Å². The number of amides is 3. The van der Waals surface area contributed by atoms with Crippen LogP contribution in [0, 0.1) is 0 Å². The predicted molar refractivity (Wildman–Crippen MR) is 164 cm³/mol. The van der Waals surface area contributed by atoms with E-state index in [9.17, 15) is 24.6 Å². The van der Waals surface area contributed by atoms with Gasteiger partial charge in [-0.3, -0.25) is 14.4 Å². The van der Waals surface area contributed by atoms with Gasteiger partial charge in [-0.2, -0.15) is 0 Å². The van der Waals surface area contributed by atoms with Gasteiger partial charge in [0, 0.05) is 29.8 Å². The number of primary amides is 1. The number of hydrogen-bond donors (Lipinski definition) is 6. The van der Waals surface area contributed by atoms with E-state index in [0.717, 1.165) is 27.9 Å². The Morgan fingerprint density at radius 2 is 1.67 bits per heavy atom. The van der Waals surface area contributed by atoms with E-state index < -0.39 is 36.3 Å². The summed E-state index contributed by atoms with van der Waals surface area (Å²) in [6.07, 6.45) is -1.39. The summed E-state index contributed by atoms with van der Waals surface area (Å²) in [5.74, 6) is -1.04. The molecule has 0 radical (unpaired) electrons. The molecule has 0 saturated heterocycles. The SMILES string of the molecule is CC(C)(CC(=O)N[C@@H]1CCc2ccccc2N(Cc2ccc(-c3ccccc3C(N)=O)cc2)C1=O)NC[C@H](O)[C@@H](O)CO. The fraction of sp³-hybridized carbons (Fsp3) is 0.364. The number of benzene rings is 3. The standard InChI is InChI=1S/C33H40N4O6/c1-33(2,35-18-28(39)29(40)20-38)17-30(41)36-26-16-15-23-7-3-6-10-27(23)37(32(26)43)19-21-11-13-22(14-12-21)24-8-4-5-9-25(24)31(34)42/h3-14,26,28-29,35,38-40H,15-20H2,1-2H3,(H2,34,42)(H,36,41)/t26-,28+,29+/m1/s1. The van der Waals surface area contributed by atoms with E-state index >= 15 is 0 Å². The Morgan fingerprint density at radius 3 is 2.37 bits per heavy atom. The highest BCUT2D eigenvalue weighted by atomic mass is 16.4. The quantitative estimate of drug-likeness (QED) is 0.188. The van der Waals surface area contributed by atoms with Crippen LogP contribution in [-0.2, 0) is 22.6 Å². The summed E-state index contributed by atoms with van der Waals surface area (Å²) in [6.45, 7) is 3.28.